The molecule has 4 nitrogen and oxygen atoms in total. The van der Waals surface area contributed by atoms with Gasteiger partial charge in [-0.1, -0.05) is 30.3 Å². The number of hydrogen-bond donors (Lipinski definition) is 2. The summed E-state index contributed by atoms with van der Waals surface area (Å²) in [6.07, 6.45) is -0.0455. The second kappa shape index (κ2) is 4.81. The maximum Gasteiger partial charge on any atom is 0.307 e. The molecule has 0 radical (unpaired) electrons. The number of rotatable bonds is 2. The Labute approximate surface area is 116 Å². The first-order valence-electron chi connectivity index (χ1n) is 6.36. The predicted molar refractivity (Wildman–Crippen MR) is 75.0 cm³/mol. The molecule has 0 spiro atoms. The Morgan fingerprint density at radius 3 is 2.75 bits per heavy atom. The molecule has 0 atom stereocenters. The normalized spacial score (nSPS) is 12.9. The Balaban J connectivity index is 2.05. The fourth-order valence-corrected chi connectivity index (χ4v) is 2.45. The Kier molecular flexibility index (Phi) is 2.99. The molecule has 0 fully saturated rings. The summed E-state index contributed by atoms with van der Waals surface area (Å²) < 4.78 is 0. The van der Waals surface area contributed by atoms with E-state index in [0.717, 1.165) is 5.56 Å². The summed E-state index contributed by atoms with van der Waals surface area (Å²) in [5.41, 5.74) is 3.62. The van der Waals surface area contributed by atoms with E-state index in [0.29, 0.717) is 28.9 Å². The van der Waals surface area contributed by atoms with E-state index in [9.17, 15) is 9.59 Å². The van der Waals surface area contributed by atoms with Gasteiger partial charge in [-0.2, -0.15) is 0 Å². The van der Waals surface area contributed by atoms with Gasteiger partial charge in [-0.05, 0) is 23.3 Å². The first kappa shape index (κ1) is 12.4. The second-order valence-corrected chi connectivity index (χ2v) is 4.79. The molecule has 20 heavy (non-hydrogen) atoms. The molecule has 1 aliphatic heterocycles. The number of anilines is 1. The highest BCUT2D eigenvalue weighted by Crippen LogP contribution is 2.27. The van der Waals surface area contributed by atoms with Crippen molar-refractivity contribution in [2.24, 2.45) is 0 Å². The molecule has 2 aromatic carbocycles. The molecular formula is C16H13NO3. The van der Waals surface area contributed by atoms with Crippen LogP contribution in [0.4, 0.5) is 5.69 Å². The van der Waals surface area contributed by atoms with Crippen LogP contribution in [0.1, 0.15) is 27.0 Å². The largest absolute Gasteiger partial charge is 0.481 e. The molecule has 2 N–H and O–H groups in total. The molecule has 0 aromatic heterocycles. The fraction of sp³-hybridized carbons (Fsp3) is 0.125. The third-order valence-electron chi connectivity index (χ3n) is 3.42. The minimum Gasteiger partial charge on any atom is -0.481 e. The lowest BCUT2D eigenvalue weighted by Crippen LogP contribution is -2.05. The van der Waals surface area contributed by atoms with E-state index in [1.807, 2.05) is 24.3 Å². The molecule has 0 saturated heterocycles. The maximum atomic E-state index is 12.5. The highest BCUT2D eigenvalue weighted by atomic mass is 16.4. The molecule has 0 unspecified atom stereocenters. The molecule has 3 rings (SSSR count). The van der Waals surface area contributed by atoms with Crippen molar-refractivity contribution >= 4 is 17.4 Å². The summed E-state index contributed by atoms with van der Waals surface area (Å²) >= 11 is 0. The van der Waals surface area contributed by atoms with Crippen molar-refractivity contribution in [3.63, 3.8) is 0 Å². The lowest BCUT2D eigenvalue weighted by molar-refractivity contribution is -0.136. The average molecular weight is 267 g/mol. The molecule has 0 bridgehead atoms. The monoisotopic (exact) mass is 267 g/mol. The molecule has 4 heteroatoms. The lowest BCUT2D eigenvalue weighted by atomic mass is 9.98. The van der Waals surface area contributed by atoms with Crippen molar-refractivity contribution in [3.05, 3.63) is 64.7 Å². The van der Waals surface area contributed by atoms with Crippen molar-refractivity contribution in [3.8, 4) is 0 Å². The summed E-state index contributed by atoms with van der Waals surface area (Å²) in [5.74, 6) is -0.907. The lowest BCUT2D eigenvalue weighted by Gasteiger charge is -2.08. The number of fused-ring (bicyclic) bond motifs is 2. The minimum absolute atomic E-state index is 0.0255. The SMILES string of the molecule is O=C(O)Cc1ccc2c(c1)NCc1ccccc1C2=O. The average Bonchev–Trinajstić information content (AvgIpc) is 2.57. The van der Waals surface area contributed by atoms with Crippen molar-refractivity contribution in [1.29, 1.82) is 0 Å². The van der Waals surface area contributed by atoms with Crippen LogP contribution in [0.5, 0.6) is 0 Å². The van der Waals surface area contributed by atoms with Crippen LogP contribution in [0.25, 0.3) is 0 Å². The zero-order valence-corrected chi connectivity index (χ0v) is 10.7. The van der Waals surface area contributed by atoms with Gasteiger partial charge in [0.05, 0.1) is 6.42 Å². The number of nitrogens with one attached hydrogen (secondary N) is 1. The van der Waals surface area contributed by atoms with Crippen LogP contribution in [0.3, 0.4) is 0 Å². The zero-order chi connectivity index (χ0) is 14.1. The van der Waals surface area contributed by atoms with E-state index < -0.39 is 5.97 Å². The first-order valence-corrected chi connectivity index (χ1v) is 6.36. The number of carboxylic acids is 1. The molecule has 0 amide bonds. The second-order valence-electron chi connectivity index (χ2n) is 4.79. The topological polar surface area (TPSA) is 66.4 Å². The predicted octanol–water partition coefficient (Wildman–Crippen LogP) is 2.47. The van der Waals surface area contributed by atoms with Crippen molar-refractivity contribution in [1.82, 2.24) is 0 Å². The molecule has 100 valence electrons. The number of ketones is 1. The molecule has 0 aliphatic carbocycles. The zero-order valence-electron chi connectivity index (χ0n) is 10.7. The Morgan fingerprint density at radius 1 is 1.15 bits per heavy atom. The smallest absolute Gasteiger partial charge is 0.307 e. The molecule has 2 aromatic rings. The van der Waals surface area contributed by atoms with Gasteiger partial charge >= 0.3 is 5.97 Å². The third-order valence-corrected chi connectivity index (χ3v) is 3.42. The van der Waals surface area contributed by atoms with Gasteiger partial charge in [-0.25, -0.2) is 0 Å². The number of carbonyl (C=O) groups excluding carboxylic acids is 1. The third kappa shape index (κ3) is 2.16. The number of carbonyl (C=O) groups is 2. The Bertz CT molecular complexity index is 707. The fourth-order valence-electron chi connectivity index (χ4n) is 2.45. The van der Waals surface area contributed by atoms with Gasteiger partial charge in [0.1, 0.15) is 0 Å². The Hall–Kier alpha value is -2.62. The highest BCUT2D eigenvalue weighted by molar-refractivity contribution is 6.13. The van der Waals surface area contributed by atoms with E-state index in [1.165, 1.54) is 0 Å². The summed E-state index contributed by atoms with van der Waals surface area (Å²) in [7, 11) is 0. The van der Waals surface area contributed by atoms with E-state index in [-0.39, 0.29) is 12.2 Å². The van der Waals surface area contributed by atoms with Crippen molar-refractivity contribution in [2.75, 3.05) is 5.32 Å². The number of carboxylic acid groups (broad SMARTS) is 1. The summed E-state index contributed by atoms with van der Waals surface area (Å²) in [4.78, 5) is 23.3. The van der Waals surface area contributed by atoms with Gasteiger partial charge in [0.25, 0.3) is 0 Å². The van der Waals surface area contributed by atoms with Crippen molar-refractivity contribution < 1.29 is 14.7 Å². The van der Waals surface area contributed by atoms with Crippen LogP contribution in [-0.2, 0) is 17.8 Å². The van der Waals surface area contributed by atoms with E-state index in [1.54, 1.807) is 18.2 Å². The van der Waals surface area contributed by atoms with Crippen molar-refractivity contribution in [2.45, 2.75) is 13.0 Å². The van der Waals surface area contributed by atoms with Gasteiger partial charge in [-0.15, -0.1) is 0 Å². The van der Waals surface area contributed by atoms with Crippen LogP contribution < -0.4 is 5.32 Å². The molecule has 1 aliphatic rings. The number of hydrogen-bond acceptors (Lipinski definition) is 3. The molecule has 1 heterocycles. The Morgan fingerprint density at radius 2 is 1.95 bits per heavy atom. The van der Waals surface area contributed by atoms with Gasteiger partial charge in [0.2, 0.25) is 0 Å². The quantitative estimate of drug-likeness (QED) is 0.877. The van der Waals surface area contributed by atoms with Gasteiger partial charge in [-0.3, -0.25) is 9.59 Å². The standard InChI is InChI=1S/C16H13NO3/c18-15(19)8-10-5-6-13-14(7-10)17-9-11-3-1-2-4-12(11)16(13)20/h1-7,17H,8-9H2,(H,18,19). The van der Waals surface area contributed by atoms with E-state index in [2.05, 4.69) is 5.32 Å². The summed E-state index contributed by atoms with van der Waals surface area (Å²) in [6.45, 7) is 0.561. The number of benzene rings is 2. The first-order chi connectivity index (χ1) is 9.65. The van der Waals surface area contributed by atoms with Crippen LogP contribution in [0, 0.1) is 0 Å². The number of aliphatic carboxylic acids is 1. The minimum atomic E-state index is -0.881. The van der Waals surface area contributed by atoms with Gasteiger partial charge in [0.15, 0.2) is 5.78 Å². The van der Waals surface area contributed by atoms with Crippen LogP contribution >= 0.6 is 0 Å². The van der Waals surface area contributed by atoms with Crippen LogP contribution in [0.2, 0.25) is 0 Å². The summed E-state index contributed by atoms with van der Waals surface area (Å²) in [5, 5.41) is 12.0. The van der Waals surface area contributed by atoms with E-state index in [4.69, 9.17) is 5.11 Å². The van der Waals surface area contributed by atoms with Crippen LogP contribution in [-0.4, -0.2) is 16.9 Å². The summed E-state index contributed by atoms with van der Waals surface area (Å²) in [6, 6.07) is 12.6. The van der Waals surface area contributed by atoms with Gasteiger partial charge in [0, 0.05) is 23.4 Å². The van der Waals surface area contributed by atoms with Gasteiger partial charge < -0.3 is 10.4 Å². The highest BCUT2D eigenvalue weighted by Gasteiger charge is 2.20. The molecule has 0 saturated carbocycles. The van der Waals surface area contributed by atoms with E-state index >= 15 is 0 Å². The van der Waals surface area contributed by atoms with Crippen LogP contribution in [0.15, 0.2) is 42.5 Å². The maximum absolute atomic E-state index is 12.5. The molecular weight excluding hydrogens is 254 g/mol.